The molecule has 0 saturated carbocycles. The molecule has 0 atom stereocenters. The number of halogens is 1. The van der Waals surface area contributed by atoms with Gasteiger partial charge in [-0.1, -0.05) is 0 Å². The normalized spacial score (nSPS) is 12.9. The maximum atomic E-state index is 12.5. The Balaban J connectivity index is 3.31. The van der Waals surface area contributed by atoms with Crippen LogP contribution >= 0.6 is 27.3 Å². The van der Waals surface area contributed by atoms with E-state index >= 15 is 0 Å². The van der Waals surface area contributed by atoms with Gasteiger partial charge in [-0.15, -0.1) is 11.3 Å². The van der Waals surface area contributed by atoms with Gasteiger partial charge in [0, 0.05) is 5.54 Å². The van der Waals surface area contributed by atoms with E-state index in [9.17, 15) is 13.2 Å². The Morgan fingerprint density at radius 1 is 1.47 bits per heavy atom. The summed E-state index contributed by atoms with van der Waals surface area (Å²) in [5.74, 6) is -1.18. The highest BCUT2D eigenvalue weighted by molar-refractivity contribution is 9.11. The molecule has 8 heteroatoms. The summed E-state index contributed by atoms with van der Waals surface area (Å²) in [6.07, 6.45) is 0. The molecule has 1 heterocycles. The van der Waals surface area contributed by atoms with Crippen molar-refractivity contribution in [1.82, 2.24) is 4.31 Å². The second-order valence-corrected chi connectivity index (χ2v) is 9.56. The Labute approximate surface area is 125 Å². The summed E-state index contributed by atoms with van der Waals surface area (Å²) in [6.45, 7) is 6.24. The van der Waals surface area contributed by atoms with Gasteiger partial charge < -0.3 is 5.11 Å². The lowest BCUT2D eigenvalue weighted by Crippen LogP contribution is -2.47. The molecule has 19 heavy (non-hydrogen) atoms. The van der Waals surface area contributed by atoms with Gasteiger partial charge in [-0.25, -0.2) is 8.42 Å². The van der Waals surface area contributed by atoms with Gasteiger partial charge in [-0.3, -0.25) is 4.79 Å². The Hall–Kier alpha value is -0.440. The smallest absolute Gasteiger partial charge is 0.318 e. The van der Waals surface area contributed by atoms with E-state index in [0.29, 0.717) is 0 Å². The monoisotopic (exact) mass is 369 g/mol. The summed E-state index contributed by atoms with van der Waals surface area (Å²) in [4.78, 5) is 10.9. The van der Waals surface area contributed by atoms with Gasteiger partial charge in [0.1, 0.15) is 10.8 Å². The summed E-state index contributed by atoms with van der Waals surface area (Å²) in [5, 5.41) is 8.91. The number of carboxylic acids is 1. The lowest BCUT2D eigenvalue weighted by molar-refractivity contribution is -0.138. The fourth-order valence-electron chi connectivity index (χ4n) is 1.47. The number of rotatable bonds is 4. The first kappa shape index (κ1) is 16.6. The van der Waals surface area contributed by atoms with Gasteiger partial charge >= 0.3 is 5.97 Å². The van der Waals surface area contributed by atoms with Crippen LogP contribution in [0, 0.1) is 6.92 Å². The van der Waals surface area contributed by atoms with Crippen LogP contribution in [-0.2, 0) is 14.8 Å². The van der Waals surface area contributed by atoms with Gasteiger partial charge in [-0.2, -0.15) is 4.31 Å². The minimum absolute atomic E-state index is 0.146. The summed E-state index contributed by atoms with van der Waals surface area (Å²) < 4.78 is 26.9. The first-order chi connectivity index (χ1) is 8.46. The standard InChI is InChI=1S/C11H16BrNO4S2/c1-7-5-9(18-10(7)12)19(16,17)13(6-8(14)15)11(2,3)4/h5H,6H2,1-4H3,(H,14,15). The summed E-state index contributed by atoms with van der Waals surface area (Å²) in [7, 11) is -3.81. The highest BCUT2D eigenvalue weighted by Gasteiger charge is 2.36. The molecule has 0 aromatic carbocycles. The van der Waals surface area contributed by atoms with Crippen molar-refractivity contribution in [3.05, 3.63) is 15.4 Å². The van der Waals surface area contributed by atoms with Crippen molar-refractivity contribution in [2.45, 2.75) is 37.4 Å². The number of hydrogen-bond acceptors (Lipinski definition) is 4. The zero-order chi connectivity index (χ0) is 15.0. The summed E-state index contributed by atoms with van der Waals surface area (Å²) >= 11 is 4.37. The number of thiophene rings is 1. The molecule has 108 valence electrons. The van der Waals surface area contributed by atoms with Crippen LogP contribution in [0.2, 0.25) is 0 Å². The van der Waals surface area contributed by atoms with Crippen LogP contribution in [0.15, 0.2) is 14.1 Å². The van der Waals surface area contributed by atoms with Crippen molar-refractivity contribution in [2.75, 3.05) is 6.54 Å². The van der Waals surface area contributed by atoms with Crippen molar-refractivity contribution in [1.29, 1.82) is 0 Å². The summed E-state index contributed by atoms with van der Waals surface area (Å²) in [6, 6.07) is 1.55. The lowest BCUT2D eigenvalue weighted by Gasteiger charge is -2.32. The number of hydrogen-bond donors (Lipinski definition) is 1. The van der Waals surface area contributed by atoms with Crippen LogP contribution in [0.5, 0.6) is 0 Å². The largest absolute Gasteiger partial charge is 0.480 e. The number of aliphatic carboxylic acids is 1. The van der Waals surface area contributed by atoms with Gasteiger partial charge in [0.2, 0.25) is 0 Å². The SMILES string of the molecule is Cc1cc(S(=O)(=O)N(CC(=O)O)C(C)(C)C)sc1Br. The fraction of sp³-hybridized carbons (Fsp3) is 0.545. The number of sulfonamides is 1. The van der Waals surface area contributed by atoms with E-state index in [1.54, 1.807) is 33.8 Å². The van der Waals surface area contributed by atoms with Crippen LogP contribution in [0.1, 0.15) is 26.3 Å². The van der Waals surface area contributed by atoms with Gasteiger partial charge in [0.15, 0.2) is 0 Å². The van der Waals surface area contributed by atoms with Crippen molar-refractivity contribution in [3.63, 3.8) is 0 Å². The Kier molecular flexibility index (Phi) is 4.82. The van der Waals surface area contributed by atoms with Crippen molar-refractivity contribution >= 4 is 43.3 Å². The fourth-order valence-corrected chi connectivity index (χ4v) is 5.55. The minimum Gasteiger partial charge on any atom is -0.480 e. The third kappa shape index (κ3) is 3.77. The summed E-state index contributed by atoms with van der Waals surface area (Å²) in [5.41, 5.74) is 0.00877. The van der Waals surface area contributed by atoms with E-state index in [-0.39, 0.29) is 4.21 Å². The first-order valence-corrected chi connectivity index (χ1v) is 8.52. The molecular weight excluding hydrogens is 354 g/mol. The van der Waals surface area contributed by atoms with Crippen LogP contribution < -0.4 is 0 Å². The Morgan fingerprint density at radius 2 is 2.00 bits per heavy atom. The second kappa shape index (κ2) is 5.51. The maximum Gasteiger partial charge on any atom is 0.318 e. The molecule has 0 spiro atoms. The van der Waals surface area contributed by atoms with Gasteiger partial charge in [-0.05, 0) is 55.3 Å². The van der Waals surface area contributed by atoms with E-state index in [0.717, 1.165) is 25.0 Å². The third-order valence-corrected chi connectivity index (χ3v) is 7.10. The molecular formula is C11H16BrNO4S2. The zero-order valence-corrected chi connectivity index (χ0v) is 14.3. The van der Waals surface area contributed by atoms with Crippen LogP contribution in [-0.4, -0.2) is 35.9 Å². The van der Waals surface area contributed by atoms with Crippen LogP contribution in [0.3, 0.4) is 0 Å². The predicted octanol–water partition coefficient (Wildman–Crippen LogP) is 2.69. The molecule has 0 aliphatic rings. The van der Waals surface area contributed by atoms with Crippen LogP contribution in [0.4, 0.5) is 0 Å². The molecule has 0 radical (unpaired) electrons. The number of aryl methyl sites for hydroxylation is 1. The topological polar surface area (TPSA) is 74.7 Å². The van der Waals surface area contributed by atoms with Crippen molar-refractivity contribution < 1.29 is 18.3 Å². The molecule has 0 aliphatic carbocycles. The highest BCUT2D eigenvalue weighted by Crippen LogP contribution is 2.34. The average molecular weight is 370 g/mol. The molecule has 0 saturated heterocycles. The van der Waals surface area contributed by atoms with E-state index in [4.69, 9.17) is 5.11 Å². The van der Waals surface area contributed by atoms with Gasteiger partial charge in [0.25, 0.3) is 10.0 Å². The highest BCUT2D eigenvalue weighted by atomic mass is 79.9. The first-order valence-electron chi connectivity index (χ1n) is 5.47. The molecule has 0 unspecified atom stereocenters. The molecule has 1 aromatic rings. The molecule has 1 aromatic heterocycles. The molecule has 0 aliphatic heterocycles. The average Bonchev–Trinajstić information content (AvgIpc) is 2.54. The van der Waals surface area contributed by atoms with E-state index < -0.39 is 28.1 Å². The van der Waals surface area contributed by atoms with Crippen molar-refractivity contribution in [2.24, 2.45) is 0 Å². The molecule has 5 nitrogen and oxygen atoms in total. The predicted molar refractivity (Wildman–Crippen MR) is 78.0 cm³/mol. The number of carbonyl (C=O) groups is 1. The molecule has 1 N–H and O–H groups in total. The number of nitrogens with zero attached hydrogens (tertiary/aromatic N) is 1. The molecule has 1 rings (SSSR count). The lowest BCUT2D eigenvalue weighted by atomic mass is 10.1. The minimum atomic E-state index is -3.81. The van der Waals surface area contributed by atoms with Crippen molar-refractivity contribution in [3.8, 4) is 0 Å². The van der Waals surface area contributed by atoms with Crippen LogP contribution in [0.25, 0.3) is 0 Å². The number of carboxylic acid groups (broad SMARTS) is 1. The molecule has 0 bridgehead atoms. The maximum absolute atomic E-state index is 12.5. The van der Waals surface area contributed by atoms with E-state index in [1.807, 2.05) is 0 Å². The van der Waals surface area contributed by atoms with E-state index in [2.05, 4.69) is 15.9 Å². The van der Waals surface area contributed by atoms with E-state index in [1.165, 1.54) is 0 Å². The third-order valence-electron chi connectivity index (χ3n) is 2.41. The molecule has 0 fully saturated rings. The molecule has 0 amide bonds. The quantitative estimate of drug-likeness (QED) is 0.884. The second-order valence-electron chi connectivity index (χ2n) is 5.10. The zero-order valence-electron chi connectivity index (χ0n) is 11.1. The Bertz CT molecular complexity index is 567. The van der Waals surface area contributed by atoms with Gasteiger partial charge in [0.05, 0.1) is 3.79 Å². The Morgan fingerprint density at radius 3 is 2.32 bits per heavy atom.